The van der Waals surface area contributed by atoms with Crippen LogP contribution in [0.15, 0.2) is 12.3 Å². The average molecular weight is 210 g/mol. The SMILES string of the molecule is Cc1ccn(CC2CCC(C(=O)O)O2)n1. The van der Waals surface area contributed by atoms with E-state index >= 15 is 0 Å². The Bertz CT molecular complexity index is 361. The molecular formula is C10H14N2O3. The van der Waals surface area contributed by atoms with Crippen molar-refractivity contribution in [2.24, 2.45) is 0 Å². The Morgan fingerprint density at radius 1 is 1.73 bits per heavy atom. The molecule has 1 aliphatic heterocycles. The van der Waals surface area contributed by atoms with Crippen molar-refractivity contribution in [2.45, 2.75) is 38.5 Å². The number of nitrogens with zero attached hydrogens (tertiary/aromatic N) is 2. The van der Waals surface area contributed by atoms with Gasteiger partial charge in [-0.15, -0.1) is 0 Å². The van der Waals surface area contributed by atoms with Crippen molar-refractivity contribution in [1.82, 2.24) is 9.78 Å². The zero-order valence-electron chi connectivity index (χ0n) is 8.59. The fraction of sp³-hybridized carbons (Fsp3) is 0.600. The smallest absolute Gasteiger partial charge is 0.332 e. The fourth-order valence-electron chi connectivity index (χ4n) is 1.80. The third-order valence-electron chi connectivity index (χ3n) is 2.55. The van der Waals surface area contributed by atoms with E-state index < -0.39 is 12.1 Å². The van der Waals surface area contributed by atoms with E-state index in [0.717, 1.165) is 12.1 Å². The summed E-state index contributed by atoms with van der Waals surface area (Å²) >= 11 is 0. The molecule has 15 heavy (non-hydrogen) atoms. The monoisotopic (exact) mass is 210 g/mol. The minimum atomic E-state index is -0.867. The summed E-state index contributed by atoms with van der Waals surface area (Å²) in [4.78, 5) is 10.7. The summed E-state index contributed by atoms with van der Waals surface area (Å²) in [5.74, 6) is -0.867. The van der Waals surface area contributed by atoms with Crippen LogP contribution in [-0.4, -0.2) is 33.1 Å². The molecule has 0 amide bonds. The van der Waals surface area contributed by atoms with Crippen molar-refractivity contribution in [1.29, 1.82) is 0 Å². The number of aromatic nitrogens is 2. The molecule has 2 unspecified atom stereocenters. The van der Waals surface area contributed by atoms with E-state index in [-0.39, 0.29) is 6.10 Å². The highest BCUT2D eigenvalue weighted by Crippen LogP contribution is 2.20. The van der Waals surface area contributed by atoms with Crippen molar-refractivity contribution in [3.05, 3.63) is 18.0 Å². The van der Waals surface area contributed by atoms with Crippen LogP contribution >= 0.6 is 0 Å². The highest BCUT2D eigenvalue weighted by Gasteiger charge is 2.30. The maximum atomic E-state index is 10.7. The van der Waals surface area contributed by atoms with Gasteiger partial charge in [0.2, 0.25) is 0 Å². The van der Waals surface area contributed by atoms with Gasteiger partial charge in [0.15, 0.2) is 6.10 Å². The van der Waals surface area contributed by atoms with Crippen molar-refractivity contribution >= 4 is 5.97 Å². The zero-order valence-corrected chi connectivity index (χ0v) is 8.59. The van der Waals surface area contributed by atoms with Crippen molar-refractivity contribution in [2.75, 3.05) is 0 Å². The standard InChI is InChI=1S/C10H14N2O3/c1-7-4-5-12(11-7)6-8-2-3-9(15-8)10(13)14/h4-5,8-9H,2-3,6H2,1H3,(H,13,14). The van der Waals surface area contributed by atoms with E-state index in [2.05, 4.69) is 5.10 Å². The molecule has 2 heterocycles. The Labute approximate surface area is 87.7 Å². The minimum absolute atomic E-state index is 0.0228. The summed E-state index contributed by atoms with van der Waals surface area (Å²) in [6, 6.07) is 1.92. The largest absolute Gasteiger partial charge is 0.479 e. The van der Waals surface area contributed by atoms with Crippen LogP contribution in [0.4, 0.5) is 0 Å². The predicted octanol–water partition coefficient (Wildman–Crippen LogP) is 0.824. The molecule has 0 radical (unpaired) electrons. The van der Waals surface area contributed by atoms with Gasteiger partial charge in [0, 0.05) is 6.20 Å². The van der Waals surface area contributed by atoms with Crippen LogP contribution in [0.5, 0.6) is 0 Å². The van der Waals surface area contributed by atoms with Crippen molar-refractivity contribution in [3.8, 4) is 0 Å². The van der Waals surface area contributed by atoms with E-state index in [9.17, 15) is 4.79 Å². The third kappa shape index (κ3) is 2.36. The molecule has 1 aromatic rings. The topological polar surface area (TPSA) is 64.4 Å². The first-order valence-electron chi connectivity index (χ1n) is 5.03. The second kappa shape index (κ2) is 4.02. The lowest BCUT2D eigenvalue weighted by atomic mass is 10.2. The van der Waals surface area contributed by atoms with Gasteiger partial charge < -0.3 is 9.84 Å². The zero-order chi connectivity index (χ0) is 10.8. The average Bonchev–Trinajstić information content (AvgIpc) is 2.76. The van der Waals surface area contributed by atoms with Crippen molar-refractivity contribution < 1.29 is 14.6 Å². The summed E-state index contributed by atoms with van der Waals surface area (Å²) in [5.41, 5.74) is 0.961. The lowest BCUT2D eigenvalue weighted by molar-refractivity contribution is -0.149. The summed E-state index contributed by atoms with van der Waals surface area (Å²) in [6.45, 7) is 2.56. The number of hydrogen-bond acceptors (Lipinski definition) is 3. The maximum Gasteiger partial charge on any atom is 0.332 e. The number of carboxylic acids is 1. The van der Waals surface area contributed by atoms with Gasteiger partial charge in [0.1, 0.15) is 0 Å². The molecule has 5 nitrogen and oxygen atoms in total. The van der Waals surface area contributed by atoms with Gasteiger partial charge in [-0.25, -0.2) is 4.79 Å². The van der Waals surface area contributed by atoms with Crippen LogP contribution in [0.25, 0.3) is 0 Å². The Hall–Kier alpha value is -1.36. The highest BCUT2D eigenvalue weighted by molar-refractivity contribution is 5.72. The second-order valence-corrected chi connectivity index (χ2v) is 3.84. The van der Waals surface area contributed by atoms with Gasteiger partial charge in [-0.2, -0.15) is 5.10 Å². The number of rotatable bonds is 3. The lowest BCUT2D eigenvalue weighted by Gasteiger charge is -2.10. The molecule has 0 spiro atoms. The number of carboxylic acid groups (broad SMARTS) is 1. The molecule has 0 bridgehead atoms. The molecule has 1 fully saturated rings. The maximum absolute atomic E-state index is 10.7. The quantitative estimate of drug-likeness (QED) is 0.802. The lowest BCUT2D eigenvalue weighted by Crippen LogP contribution is -2.23. The molecule has 0 aromatic carbocycles. The molecule has 1 aromatic heterocycles. The van der Waals surface area contributed by atoms with Gasteiger partial charge in [0.25, 0.3) is 0 Å². The summed E-state index contributed by atoms with van der Waals surface area (Å²) in [6.07, 6.45) is 2.61. The number of aryl methyl sites for hydroxylation is 1. The normalized spacial score (nSPS) is 25.7. The first-order chi connectivity index (χ1) is 7.15. The first-order valence-corrected chi connectivity index (χ1v) is 5.03. The Balaban J connectivity index is 1.90. The van der Waals surface area contributed by atoms with Crippen LogP contribution in [0, 0.1) is 6.92 Å². The molecule has 0 aliphatic carbocycles. The van der Waals surface area contributed by atoms with E-state index in [0.29, 0.717) is 13.0 Å². The fourth-order valence-corrected chi connectivity index (χ4v) is 1.80. The summed E-state index contributed by atoms with van der Waals surface area (Å²) in [7, 11) is 0. The van der Waals surface area contributed by atoms with E-state index in [4.69, 9.17) is 9.84 Å². The number of carbonyl (C=O) groups is 1. The van der Waals surface area contributed by atoms with Crippen LogP contribution in [0.2, 0.25) is 0 Å². The van der Waals surface area contributed by atoms with Crippen LogP contribution in [0.1, 0.15) is 18.5 Å². The molecule has 0 saturated carbocycles. The van der Waals surface area contributed by atoms with Gasteiger partial charge in [0.05, 0.1) is 18.3 Å². The number of aliphatic carboxylic acids is 1. The van der Waals surface area contributed by atoms with E-state index in [1.54, 1.807) is 4.68 Å². The molecule has 2 atom stereocenters. The molecular weight excluding hydrogens is 196 g/mol. The second-order valence-electron chi connectivity index (χ2n) is 3.84. The molecule has 2 rings (SSSR count). The predicted molar refractivity (Wildman–Crippen MR) is 52.5 cm³/mol. The Kier molecular flexibility index (Phi) is 2.73. The van der Waals surface area contributed by atoms with Gasteiger partial charge in [-0.3, -0.25) is 4.68 Å². The van der Waals surface area contributed by atoms with E-state index in [1.165, 1.54) is 0 Å². The van der Waals surface area contributed by atoms with E-state index in [1.807, 2.05) is 19.2 Å². The first kappa shape index (κ1) is 10.2. The van der Waals surface area contributed by atoms with Crippen LogP contribution < -0.4 is 0 Å². The molecule has 82 valence electrons. The van der Waals surface area contributed by atoms with Crippen LogP contribution in [0.3, 0.4) is 0 Å². The minimum Gasteiger partial charge on any atom is -0.479 e. The highest BCUT2D eigenvalue weighted by atomic mass is 16.5. The molecule has 1 aliphatic rings. The number of hydrogen-bond donors (Lipinski definition) is 1. The molecule has 1 saturated heterocycles. The molecule has 5 heteroatoms. The van der Waals surface area contributed by atoms with Gasteiger partial charge >= 0.3 is 5.97 Å². The van der Waals surface area contributed by atoms with Crippen molar-refractivity contribution in [3.63, 3.8) is 0 Å². The van der Waals surface area contributed by atoms with Crippen LogP contribution in [-0.2, 0) is 16.1 Å². The molecule has 1 N–H and O–H groups in total. The third-order valence-corrected chi connectivity index (χ3v) is 2.55. The number of ether oxygens (including phenoxy) is 1. The summed E-state index contributed by atoms with van der Waals surface area (Å²) in [5, 5.41) is 13.0. The Morgan fingerprint density at radius 3 is 3.07 bits per heavy atom. The van der Waals surface area contributed by atoms with Gasteiger partial charge in [-0.05, 0) is 25.8 Å². The Morgan fingerprint density at radius 2 is 2.53 bits per heavy atom. The van der Waals surface area contributed by atoms with Gasteiger partial charge in [-0.1, -0.05) is 0 Å². The summed E-state index contributed by atoms with van der Waals surface area (Å²) < 4.78 is 7.17.